The Hall–Kier alpha value is -2.82. The number of para-hydroxylation sites is 2. The number of benzene rings is 2. The largest absolute Gasteiger partial charge is 0.494 e. The lowest BCUT2D eigenvalue weighted by atomic mass is 10.0. The molecule has 40 heavy (non-hydrogen) atoms. The molecule has 5 heteroatoms. The lowest BCUT2D eigenvalue weighted by Gasteiger charge is -2.11. The fraction of sp³-hybridized carbons (Fsp3) is 0.600. The van der Waals surface area contributed by atoms with Crippen LogP contribution in [-0.4, -0.2) is 24.9 Å². The van der Waals surface area contributed by atoms with Crippen LogP contribution < -0.4 is 14.8 Å². The highest BCUT2D eigenvalue weighted by Crippen LogP contribution is 2.24. The summed E-state index contributed by atoms with van der Waals surface area (Å²) in [5.41, 5.74) is 1.07. The van der Waals surface area contributed by atoms with Crippen LogP contribution in [0.2, 0.25) is 0 Å². The average Bonchev–Trinajstić information content (AvgIpc) is 2.96. The fourth-order valence-corrected chi connectivity index (χ4v) is 4.87. The minimum atomic E-state index is -0.360. The highest BCUT2D eigenvalue weighted by atomic mass is 16.5. The van der Waals surface area contributed by atoms with E-state index in [1.165, 1.54) is 96.3 Å². The van der Waals surface area contributed by atoms with Gasteiger partial charge in [-0.2, -0.15) is 0 Å². The molecule has 0 aromatic heterocycles. The van der Waals surface area contributed by atoms with Gasteiger partial charge in [0, 0.05) is 5.56 Å². The number of hydrogen-bond donors (Lipinski definition) is 1. The number of rotatable bonds is 24. The second-order valence-corrected chi connectivity index (χ2v) is 10.8. The van der Waals surface area contributed by atoms with Gasteiger partial charge in [0.1, 0.15) is 11.5 Å². The zero-order valence-corrected chi connectivity index (χ0v) is 25.2. The summed E-state index contributed by atoms with van der Waals surface area (Å²) in [6.07, 6.45) is 21.4. The number of ketones is 1. The normalized spacial score (nSPS) is 10.8. The van der Waals surface area contributed by atoms with Crippen LogP contribution in [0.1, 0.15) is 133 Å². The molecule has 0 aliphatic carbocycles. The summed E-state index contributed by atoms with van der Waals surface area (Å²) >= 11 is 0. The molecular weight excluding hydrogens is 498 g/mol. The highest BCUT2D eigenvalue weighted by molar-refractivity contribution is 6.11. The molecule has 2 aromatic rings. The highest BCUT2D eigenvalue weighted by Gasteiger charge is 2.14. The Balaban J connectivity index is 1.48. The molecule has 0 saturated carbocycles. The summed E-state index contributed by atoms with van der Waals surface area (Å²) in [4.78, 5) is 25.0. The van der Waals surface area contributed by atoms with Gasteiger partial charge in [-0.3, -0.25) is 9.59 Å². The molecule has 0 aliphatic rings. The summed E-state index contributed by atoms with van der Waals surface area (Å²) in [5.74, 6) is 0.765. The molecule has 0 bridgehead atoms. The average molecular weight is 552 g/mol. The third-order valence-corrected chi connectivity index (χ3v) is 7.23. The second-order valence-electron chi connectivity index (χ2n) is 10.8. The summed E-state index contributed by atoms with van der Waals surface area (Å²) in [6, 6.07) is 14.3. The van der Waals surface area contributed by atoms with Gasteiger partial charge in [0.25, 0.3) is 0 Å². The van der Waals surface area contributed by atoms with Gasteiger partial charge < -0.3 is 14.8 Å². The maximum atomic E-state index is 12.6. The number of nitrogens with one attached hydrogen (secondary N) is 1. The van der Waals surface area contributed by atoms with Crippen LogP contribution in [-0.2, 0) is 4.79 Å². The Morgan fingerprint density at radius 1 is 0.625 bits per heavy atom. The molecule has 222 valence electrons. The maximum absolute atomic E-state index is 12.6. The number of Topliss-reactive ketones (excluding diaryl/α,β-unsaturated/α-hetero) is 1. The van der Waals surface area contributed by atoms with E-state index in [9.17, 15) is 9.59 Å². The van der Waals surface area contributed by atoms with Gasteiger partial charge in [0.05, 0.1) is 25.3 Å². The molecule has 0 heterocycles. The Bertz CT molecular complexity index is 941. The van der Waals surface area contributed by atoms with Crippen molar-refractivity contribution in [2.24, 2.45) is 0 Å². The van der Waals surface area contributed by atoms with Crippen molar-refractivity contribution < 1.29 is 19.1 Å². The fourth-order valence-electron chi connectivity index (χ4n) is 4.87. The van der Waals surface area contributed by atoms with Crippen molar-refractivity contribution in [2.45, 2.75) is 123 Å². The van der Waals surface area contributed by atoms with Crippen molar-refractivity contribution in [1.82, 2.24) is 0 Å². The van der Waals surface area contributed by atoms with Gasteiger partial charge in [-0.15, -0.1) is 0 Å². The van der Waals surface area contributed by atoms with Crippen molar-refractivity contribution in [3.05, 3.63) is 54.1 Å². The first kappa shape index (κ1) is 33.4. The van der Waals surface area contributed by atoms with E-state index in [0.717, 1.165) is 12.2 Å². The molecule has 0 atom stereocenters. The predicted octanol–water partition coefficient (Wildman–Crippen LogP) is 9.94. The van der Waals surface area contributed by atoms with Crippen LogP contribution in [0.15, 0.2) is 48.5 Å². The SMILES string of the molecule is CCCCCCCCCCCCCCCCCCOc1ccc(C(=O)CC(=O)Nc2ccccc2OCC)cc1. The molecule has 1 amide bonds. The molecule has 0 fully saturated rings. The number of carbonyl (C=O) groups excluding carboxylic acids is 2. The Labute approximate surface area is 243 Å². The van der Waals surface area contributed by atoms with Crippen LogP contribution in [0.5, 0.6) is 11.5 Å². The van der Waals surface area contributed by atoms with Crippen molar-refractivity contribution in [3.8, 4) is 11.5 Å². The molecule has 0 spiro atoms. The maximum Gasteiger partial charge on any atom is 0.232 e. The third-order valence-electron chi connectivity index (χ3n) is 7.23. The Morgan fingerprint density at radius 2 is 1.15 bits per heavy atom. The van der Waals surface area contributed by atoms with E-state index in [-0.39, 0.29) is 18.1 Å². The van der Waals surface area contributed by atoms with Crippen LogP contribution >= 0.6 is 0 Å². The van der Waals surface area contributed by atoms with Crippen molar-refractivity contribution in [2.75, 3.05) is 18.5 Å². The Morgan fingerprint density at radius 3 is 1.70 bits per heavy atom. The van der Waals surface area contributed by atoms with Crippen molar-refractivity contribution in [3.63, 3.8) is 0 Å². The zero-order chi connectivity index (χ0) is 28.7. The second kappa shape index (κ2) is 21.9. The molecule has 5 nitrogen and oxygen atoms in total. The number of amides is 1. The first-order valence-electron chi connectivity index (χ1n) is 15.9. The van der Waals surface area contributed by atoms with E-state index in [0.29, 0.717) is 30.2 Å². The van der Waals surface area contributed by atoms with Gasteiger partial charge in [0.15, 0.2) is 5.78 Å². The topological polar surface area (TPSA) is 64.6 Å². The molecule has 2 rings (SSSR count). The first-order chi connectivity index (χ1) is 19.6. The van der Waals surface area contributed by atoms with Gasteiger partial charge in [-0.25, -0.2) is 0 Å². The zero-order valence-electron chi connectivity index (χ0n) is 25.2. The monoisotopic (exact) mass is 551 g/mol. The molecule has 0 radical (unpaired) electrons. The van der Waals surface area contributed by atoms with Crippen LogP contribution in [0.3, 0.4) is 0 Å². The molecule has 1 N–H and O–H groups in total. The van der Waals surface area contributed by atoms with Gasteiger partial charge in [-0.1, -0.05) is 115 Å². The summed E-state index contributed by atoms with van der Waals surface area (Å²) < 4.78 is 11.4. The van der Waals surface area contributed by atoms with E-state index in [4.69, 9.17) is 9.47 Å². The Kier molecular flexibility index (Phi) is 18.3. The van der Waals surface area contributed by atoms with Crippen molar-refractivity contribution in [1.29, 1.82) is 0 Å². The standard InChI is InChI=1S/C35H53NO4/c1-3-5-6-7-8-9-10-11-12-13-14-15-16-17-18-21-28-40-31-26-24-30(25-27-31)33(37)29-35(38)36-32-22-19-20-23-34(32)39-4-2/h19-20,22-27H,3-18,21,28-29H2,1-2H3,(H,36,38). The summed E-state index contributed by atoms with van der Waals surface area (Å²) in [6.45, 7) is 5.35. The number of unbranched alkanes of at least 4 members (excludes halogenated alkanes) is 15. The molecule has 0 saturated heterocycles. The first-order valence-corrected chi connectivity index (χ1v) is 15.9. The van der Waals surface area contributed by atoms with Crippen LogP contribution in [0, 0.1) is 0 Å². The van der Waals surface area contributed by atoms with Crippen molar-refractivity contribution >= 4 is 17.4 Å². The lowest BCUT2D eigenvalue weighted by molar-refractivity contribution is -0.115. The van der Waals surface area contributed by atoms with Gasteiger partial charge in [-0.05, 0) is 49.7 Å². The van der Waals surface area contributed by atoms with Gasteiger partial charge >= 0.3 is 0 Å². The van der Waals surface area contributed by atoms with E-state index in [1.54, 1.807) is 24.3 Å². The van der Waals surface area contributed by atoms with E-state index >= 15 is 0 Å². The summed E-state index contributed by atoms with van der Waals surface area (Å²) in [5, 5.41) is 2.77. The minimum absolute atomic E-state index is 0.222. The molecule has 0 unspecified atom stereocenters. The number of carbonyl (C=O) groups is 2. The molecule has 2 aromatic carbocycles. The number of ether oxygens (including phenoxy) is 2. The lowest BCUT2D eigenvalue weighted by Crippen LogP contribution is -2.17. The van der Waals surface area contributed by atoms with Gasteiger partial charge in [0.2, 0.25) is 5.91 Å². The van der Waals surface area contributed by atoms with Crippen LogP contribution in [0.4, 0.5) is 5.69 Å². The number of hydrogen-bond acceptors (Lipinski definition) is 4. The third kappa shape index (κ3) is 15.1. The molecular formula is C35H53NO4. The predicted molar refractivity (Wildman–Crippen MR) is 167 cm³/mol. The molecule has 0 aliphatic heterocycles. The van der Waals surface area contributed by atoms with E-state index in [2.05, 4.69) is 12.2 Å². The number of anilines is 1. The van der Waals surface area contributed by atoms with E-state index < -0.39 is 0 Å². The quantitative estimate of drug-likeness (QED) is 0.0801. The van der Waals surface area contributed by atoms with Crippen LogP contribution in [0.25, 0.3) is 0 Å². The van der Waals surface area contributed by atoms with E-state index in [1.807, 2.05) is 31.2 Å². The smallest absolute Gasteiger partial charge is 0.232 e. The summed E-state index contributed by atoms with van der Waals surface area (Å²) in [7, 11) is 0. The minimum Gasteiger partial charge on any atom is -0.494 e.